The minimum absolute atomic E-state index is 0.294. The summed E-state index contributed by atoms with van der Waals surface area (Å²) >= 11 is 0. The number of fused-ring (bicyclic) bond motifs is 1. The summed E-state index contributed by atoms with van der Waals surface area (Å²) in [6, 6.07) is 2.35. The first-order valence-corrected chi connectivity index (χ1v) is 8.27. The molecule has 4 rings (SSSR count). The van der Waals surface area contributed by atoms with Crippen LogP contribution >= 0.6 is 0 Å². The minimum atomic E-state index is 0.294. The Labute approximate surface area is 125 Å². The first-order valence-electron chi connectivity index (χ1n) is 8.27. The van der Waals surface area contributed by atoms with E-state index in [1.54, 1.807) is 0 Å². The highest BCUT2D eigenvalue weighted by Gasteiger charge is 2.56. The van der Waals surface area contributed by atoms with Gasteiger partial charge in [-0.25, -0.2) is 0 Å². The van der Waals surface area contributed by atoms with Crippen molar-refractivity contribution in [3.63, 3.8) is 0 Å². The van der Waals surface area contributed by atoms with Crippen molar-refractivity contribution in [1.82, 2.24) is 15.1 Å². The first kappa shape index (κ1) is 13.2. The lowest BCUT2D eigenvalue weighted by Gasteiger charge is -2.34. The molecule has 2 aliphatic carbocycles. The summed E-state index contributed by atoms with van der Waals surface area (Å²) in [4.78, 5) is 14.7. The maximum absolute atomic E-state index is 12.4. The number of hydrogen-bond donors (Lipinski definition) is 1. The molecule has 0 aromatic carbocycles. The molecule has 3 fully saturated rings. The van der Waals surface area contributed by atoms with Gasteiger partial charge < -0.3 is 10.2 Å². The van der Waals surface area contributed by atoms with Crippen molar-refractivity contribution < 1.29 is 4.79 Å². The molecule has 1 aromatic heterocycles. The molecule has 0 radical (unpaired) electrons. The van der Waals surface area contributed by atoms with Gasteiger partial charge in [0, 0.05) is 38.2 Å². The standard InChI is InChI=1S/C16H24N4O/c1-19-14(7-8-17-19)20-9-3-4-11(10-20)18-16(21)15-12-5-2-6-13(12)15/h7-8,11-13,15H,2-6,9-10H2,1H3,(H,18,21). The molecule has 5 heteroatoms. The number of carbonyl (C=O) groups is 1. The highest BCUT2D eigenvalue weighted by molar-refractivity contribution is 5.82. The summed E-state index contributed by atoms with van der Waals surface area (Å²) in [5.41, 5.74) is 0. The lowest BCUT2D eigenvalue weighted by molar-refractivity contribution is -0.123. The van der Waals surface area contributed by atoms with Gasteiger partial charge >= 0.3 is 0 Å². The van der Waals surface area contributed by atoms with E-state index in [0.29, 0.717) is 29.7 Å². The van der Waals surface area contributed by atoms with Crippen LogP contribution in [0, 0.1) is 17.8 Å². The molecular weight excluding hydrogens is 264 g/mol. The van der Waals surface area contributed by atoms with Crippen molar-refractivity contribution in [2.45, 2.75) is 38.1 Å². The van der Waals surface area contributed by atoms with Gasteiger partial charge in [0.1, 0.15) is 5.82 Å². The summed E-state index contributed by atoms with van der Waals surface area (Å²) in [6.07, 6.45) is 7.94. The van der Waals surface area contributed by atoms with Gasteiger partial charge in [0.05, 0.1) is 6.20 Å². The number of aromatic nitrogens is 2. The average molecular weight is 288 g/mol. The van der Waals surface area contributed by atoms with Crippen molar-refractivity contribution in [2.75, 3.05) is 18.0 Å². The second kappa shape index (κ2) is 5.04. The third-order valence-corrected chi connectivity index (χ3v) is 5.60. The fourth-order valence-electron chi connectivity index (χ4n) is 4.49. The molecule has 1 amide bonds. The molecule has 21 heavy (non-hydrogen) atoms. The molecule has 2 saturated carbocycles. The predicted octanol–water partition coefficient (Wildman–Crippen LogP) is 1.55. The van der Waals surface area contributed by atoms with Crippen molar-refractivity contribution in [3.8, 4) is 0 Å². The summed E-state index contributed by atoms with van der Waals surface area (Å²) in [7, 11) is 1.98. The normalized spacial score (nSPS) is 34.6. The molecule has 5 nitrogen and oxygen atoms in total. The van der Waals surface area contributed by atoms with Crippen LogP contribution in [-0.2, 0) is 11.8 Å². The van der Waals surface area contributed by atoms with Crippen LogP contribution < -0.4 is 10.2 Å². The SMILES string of the molecule is Cn1nccc1N1CCCC(NC(=O)C2C3CCCC32)C1. The third kappa shape index (κ3) is 2.32. The largest absolute Gasteiger partial charge is 0.355 e. The smallest absolute Gasteiger partial charge is 0.223 e. The second-order valence-corrected chi connectivity index (χ2v) is 6.89. The van der Waals surface area contributed by atoms with Crippen molar-refractivity contribution in [1.29, 1.82) is 0 Å². The van der Waals surface area contributed by atoms with E-state index in [9.17, 15) is 4.79 Å². The van der Waals surface area contributed by atoms with Crippen LogP contribution in [0.1, 0.15) is 32.1 Å². The van der Waals surface area contributed by atoms with Crippen LogP contribution in [0.5, 0.6) is 0 Å². The number of anilines is 1. The van der Waals surface area contributed by atoms with Crippen LogP contribution in [0.2, 0.25) is 0 Å². The second-order valence-electron chi connectivity index (χ2n) is 6.89. The number of carbonyl (C=O) groups excluding carboxylic acids is 1. The topological polar surface area (TPSA) is 50.2 Å². The lowest BCUT2D eigenvalue weighted by Crippen LogP contribution is -2.49. The van der Waals surface area contributed by atoms with Crippen LogP contribution in [0.25, 0.3) is 0 Å². The summed E-state index contributed by atoms with van der Waals surface area (Å²) in [5, 5.41) is 7.55. The molecule has 114 valence electrons. The van der Waals surface area contributed by atoms with Gasteiger partial charge in [-0.3, -0.25) is 9.48 Å². The zero-order chi connectivity index (χ0) is 14.4. The van der Waals surface area contributed by atoms with Gasteiger partial charge in [-0.1, -0.05) is 6.42 Å². The Kier molecular flexibility index (Phi) is 3.16. The molecule has 1 aliphatic heterocycles. The summed E-state index contributed by atoms with van der Waals surface area (Å²) in [5.74, 6) is 3.23. The Hall–Kier alpha value is -1.52. The molecule has 3 aliphatic rings. The highest BCUT2D eigenvalue weighted by Crippen LogP contribution is 2.57. The van der Waals surface area contributed by atoms with Crippen molar-refractivity contribution >= 4 is 11.7 Å². The lowest BCUT2D eigenvalue weighted by atomic mass is 10.0. The summed E-state index contributed by atoms with van der Waals surface area (Å²) < 4.78 is 1.91. The number of piperidine rings is 1. The molecular formula is C16H24N4O. The molecule has 3 atom stereocenters. The van der Waals surface area contributed by atoms with Gasteiger partial charge in [0.25, 0.3) is 0 Å². The Morgan fingerprint density at radius 2 is 2.10 bits per heavy atom. The van der Waals surface area contributed by atoms with Gasteiger partial charge in [0.2, 0.25) is 5.91 Å². The van der Waals surface area contributed by atoms with Crippen LogP contribution in [0.3, 0.4) is 0 Å². The van der Waals surface area contributed by atoms with Gasteiger partial charge in [-0.15, -0.1) is 0 Å². The maximum Gasteiger partial charge on any atom is 0.223 e. The number of hydrogen-bond acceptors (Lipinski definition) is 3. The molecule has 2 heterocycles. The number of rotatable bonds is 3. The minimum Gasteiger partial charge on any atom is -0.355 e. The fraction of sp³-hybridized carbons (Fsp3) is 0.750. The molecule has 0 bridgehead atoms. The number of aryl methyl sites for hydroxylation is 1. The number of nitrogens with one attached hydrogen (secondary N) is 1. The van der Waals surface area contributed by atoms with Gasteiger partial charge in [-0.05, 0) is 37.5 Å². The molecule has 0 spiro atoms. The number of nitrogens with zero attached hydrogens (tertiary/aromatic N) is 3. The van der Waals surface area contributed by atoms with E-state index in [0.717, 1.165) is 31.7 Å². The van der Waals surface area contributed by atoms with E-state index < -0.39 is 0 Å². The Morgan fingerprint density at radius 3 is 2.81 bits per heavy atom. The Morgan fingerprint density at radius 1 is 1.29 bits per heavy atom. The maximum atomic E-state index is 12.4. The van der Waals surface area contributed by atoms with Gasteiger partial charge in [0.15, 0.2) is 0 Å². The summed E-state index contributed by atoms with van der Waals surface area (Å²) in [6.45, 7) is 1.97. The van der Waals surface area contributed by atoms with E-state index >= 15 is 0 Å². The van der Waals surface area contributed by atoms with Crippen molar-refractivity contribution in [2.24, 2.45) is 24.8 Å². The average Bonchev–Trinajstić information content (AvgIpc) is 2.83. The third-order valence-electron chi connectivity index (χ3n) is 5.60. The van der Waals surface area contributed by atoms with Gasteiger partial charge in [-0.2, -0.15) is 5.10 Å². The van der Waals surface area contributed by atoms with Crippen LogP contribution in [0.15, 0.2) is 12.3 Å². The zero-order valence-corrected chi connectivity index (χ0v) is 12.7. The van der Waals surface area contributed by atoms with E-state index in [2.05, 4.69) is 21.4 Å². The Balaban J connectivity index is 1.35. The monoisotopic (exact) mass is 288 g/mol. The fourth-order valence-corrected chi connectivity index (χ4v) is 4.49. The van der Waals surface area contributed by atoms with Crippen LogP contribution in [-0.4, -0.2) is 34.8 Å². The zero-order valence-electron chi connectivity index (χ0n) is 12.7. The Bertz CT molecular complexity index is 530. The highest BCUT2D eigenvalue weighted by atomic mass is 16.2. The van der Waals surface area contributed by atoms with E-state index in [4.69, 9.17) is 0 Å². The van der Waals surface area contributed by atoms with Crippen molar-refractivity contribution in [3.05, 3.63) is 12.3 Å². The van der Waals surface area contributed by atoms with E-state index in [1.165, 1.54) is 19.3 Å². The molecule has 1 saturated heterocycles. The molecule has 3 unspecified atom stereocenters. The quantitative estimate of drug-likeness (QED) is 0.918. The van der Waals surface area contributed by atoms with E-state index in [-0.39, 0.29) is 0 Å². The number of amides is 1. The first-order chi connectivity index (χ1) is 10.2. The van der Waals surface area contributed by atoms with Crippen LogP contribution in [0.4, 0.5) is 5.82 Å². The predicted molar refractivity (Wildman–Crippen MR) is 80.9 cm³/mol. The molecule has 1 N–H and O–H groups in total. The van der Waals surface area contributed by atoms with E-state index in [1.807, 2.05) is 17.9 Å². The molecule has 1 aromatic rings.